The Balaban J connectivity index is 1.46. The Morgan fingerprint density at radius 1 is 1.33 bits per heavy atom. The Bertz CT molecular complexity index is 693. The summed E-state index contributed by atoms with van der Waals surface area (Å²) in [5.41, 5.74) is 1.29. The summed E-state index contributed by atoms with van der Waals surface area (Å²) in [5, 5.41) is 3.14. The first kappa shape index (κ1) is 20.1. The lowest BCUT2D eigenvalue weighted by Crippen LogP contribution is -2.50. The van der Waals surface area contributed by atoms with E-state index in [0.29, 0.717) is 46.2 Å². The van der Waals surface area contributed by atoms with Crippen LogP contribution in [0.15, 0.2) is 12.1 Å². The maximum absolute atomic E-state index is 12.3. The number of hydrogen-bond donors (Lipinski definition) is 1. The van der Waals surface area contributed by atoms with Gasteiger partial charge in [0.05, 0.1) is 29.5 Å². The molecule has 0 atom stereocenters. The third-order valence-corrected chi connectivity index (χ3v) is 6.26. The first-order valence-electron chi connectivity index (χ1n) is 9.36. The van der Waals surface area contributed by atoms with Gasteiger partial charge in [0.25, 0.3) is 0 Å². The molecule has 1 saturated heterocycles. The third kappa shape index (κ3) is 4.62. The Hall–Kier alpha value is -1.63. The molecular weight excluding hydrogens is 368 g/mol. The second kappa shape index (κ2) is 8.59. The van der Waals surface area contributed by atoms with Gasteiger partial charge < -0.3 is 19.7 Å². The second-order valence-electron chi connectivity index (χ2n) is 7.60. The number of carbonyl (C=O) groups excluding carboxylic acids is 2. The van der Waals surface area contributed by atoms with E-state index in [-0.39, 0.29) is 5.91 Å². The number of benzene rings is 1. The molecule has 0 radical (unpaired) electrons. The van der Waals surface area contributed by atoms with Crippen molar-refractivity contribution < 1.29 is 19.1 Å². The average Bonchev–Trinajstić information content (AvgIpc) is 2.66. The molecule has 1 aliphatic carbocycles. The van der Waals surface area contributed by atoms with Crippen LogP contribution >= 0.6 is 11.6 Å². The lowest BCUT2D eigenvalue weighted by Gasteiger charge is -2.51. The van der Waals surface area contributed by atoms with Crippen LogP contribution in [0.1, 0.15) is 42.5 Å². The first-order chi connectivity index (χ1) is 13.0. The zero-order valence-corrected chi connectivity index (χ0v) is 16.7. The number of carbonyl (C=O) groups is 2. The van der Waals surface area contributed by atoms with E-state index in [1.807, 2.05) is 0 Å². The summed E-state index contributed by atoms with van der Waals surface area (Å²) in [7, 11) is 3.27. The fourth-order valence-corrected chi connectivity index (χ4v) is 4.36. The van der Waals surface area contributed by atoms with E-state index in [1.165, 1.54) is 38.9 Å². The van der Waals surface area contributed by atoms with Gasteiger partial charge in [-0.3, -0.25) is 9.59 Å². The highest BCUT2D eigenvalue weighted by molar-refractivity contribution is 6.34. The minimum absolute atomic E-state index is 0.0961. The van der Waals surface area contributed by atoms with Gasteiger partial charge in [-0.2, -0.15) is 0 Å². The Labute approximate surface area is 165 Å². The summed E-state index contributed by atoms with van der Waals surface area (Å²) >= 11 is 6.16. The van der Waals surface area contributed by atoms with Crippen LogP contribution in [0.4, 0.5) is 5.69 Å². The molecule has 3 rings (SSSR count). The highest BCUT2D eigenvalue weighted by atomic mass is 35.5. The number of likely N-dealkylation sites (tertiary alicyclic amines) is 1. The molecule has 6 nitrogen and oxygen atoms in total. The van der Waals surface area contributed by atoms with Crippen molar-refractivity contribution in [2.75, 3.05) is 39.2 Å². The molecule has 1 aromatic carbocycles. The summed E-state index contributed by atoms with van der Waals surface area (Å²) in [6, 6.07) is 3.08. The monoisotopic (exact) mass is 394 g/mol. The van der Waals surface area contributed by atoms with Crippen molar-refractivity contribution in [3.63, 3.8) is 0 Å². The van der Waals surface area contributed by atoms with E-state index in [1.54, 1.807) is 13.2 Å². The average molecular weight is 395 g/mol. The van der Waals surface area contributed by atoms with Crippen LogP contribution in [-0.2, 0) is 9.53 Å². The largest absolute Gasteiger partial charge is 0.496 e. The molecule has 1 spiro atoms. The number of halogens is 1. The van der Waals surface area contributed by atoms with Gasteiger partial charge >= 0.3 is 0 Å². The minimum Gasteiger partial charge on any atom is -0.496 e. The molecule has 1 saturated carbocycles. The van der Waals surface area contributed by atoms with E-state index in [2.05, 4.69) is 10.2 Å². The topological polar surface area (TPSA) is 67.9 Å². The molecule has 1 aromatic rings. The molecule has 0 unspecified atom stereocenters. The lowest BCUT2D eigenvalue weighted by atomic mass is 9.61. The van der Waals surface area contributed by atoms with Crippen LogP contribution in [0.2, 0.25) is 5.02 Å². The van der Waals surface area contributed by atoms with Crippen LogP contribution < -0.4 is 10.1 Å². The zero-order valence-electron chi connectivity index (χ0n) is 15.9. The lowest BCUT2D eigenvalue weighted by molar-refractivity contribution is -0.117. The molecule has 0 aromatic heterocycles. The number of methoxy groups -OCH3 is 2. The van der Waals surface area contributed by atoms with Gasteiger partial charge in [-0.15, -0.1) is 0 Å². The summed E-state index contributed by atoms with van der Waals surface area (Å²) in [6.45, 7) is 2.80. The number of ether oxygens (including phenoxy) is 2. The third-order valence-electron chi connectivity index (χ3n) is 5.95. The maximum Gasteiger partial charge on any atom is 0.225 e. The van der Waals surface area contributed by atoms with Crippen LogP contribution in [0.3, 0.4) is 0 Å². The van der Waals surface area contributed by atoms with E-state index in [4.69, 9.17) is 21.1 Å². The number of amides is 1. The van der Waals surface area contributed by atoms with Gasteiger partial charge in [-0.1, -0.05) is 11.6 Å². The zero-order chi connectivity index (χ0) is 19.4. The predicted molar refractivity (Wildman–Crippen MR) is 105 cm³/mol. The Morgan fingerprint density at radius 2 is 2.04 bits per heavy atom. The summed E-state index contributed by atoms with van der Waals surface area (Å²) < 4.78 is 10.6. The standard InChI is InChI=1S/C20H27ClN2O4/c1-26-15-11-20(12-15)4-7-23(8-5-20)6-3-19(25)22-17-10-18(27-2)14(13-24)9-16(17)21/h9-10,13,15H,3-8,11-12H2,1-2H3,(H,22,25). The van der Waals surface area contributed by atoms with Gasteiger partial charge in [-0.05, 0) is 50.3 Å². The van der Waals surface area contributed by atoms with Crippen LogP contribution in [0.25, 0.3) is 0 Å². The van der Waals surface area contributed by atoms with E-state index >= 15 is 0 Å². The summed E-state index contributed by atoms with van der Waals surface area (Å²) in [4.78, 5) is 25.7. The quantitative estimate of drug-likeness (QED) is 0.718. The SMILES string of the molecule is COc1cc(NC(=O)CCN2CCC3(CC2)CC(OC)C3)c(Cl)cc1C=O. The van der Waals surface area contributed by atoms with Crippen molar-refractivity contribution in [2.45, 2.75) is 38.2 Å². The smallest absolute Gasteiger partial charge is 0.225 e. The van der Waals surface area contributed by atoms with Gasteiger partial charge in [-0.25, -0.2) is 0 Å². The van der Waals surface area contributed by atoms with Crippen LogP contribution in [0.5, 0.6) is 5.75 Å². The number of rotatable bonds is 7. The number of nitrogens with one attached hydrogen (secondary N) is 1. The normalized spacial score (nSPS) is 19.5. The number of anilines is 1. The van der Waals surface area contributed by atoms with E-state index in [9.17, 15) is 9.59 Å². The number of hydrogen-bond acceptors (Lipinski definition) is 5. The Kier molecular flexibility index (Phi) is 6.40. The maximum atomic E-state index is 12.3. The first-order valence-corrected chi connectivity index (χ1v) is 9.74. The Morgan fingerprint density at radius 3 is 2.63 bits per heavy atom. The van der Waals surface area contributed by atoms with Crippen molar-refractivity contribution in [2.24, 2.45) is 5.41 Å². The van der Waals surface area contributed by atoms with Crippen molar-refractivity contribution in [1.82, 2.24) is 4.90 Å². The van der Waals surface area contributed by atoms with Gasteiger partial charge in [0.15, 0.2) is 6.29 Å². The van der Waals surface area contributed by atoms with Gasteiger partial charge in [0.2, 0.25) is 5.91 Å². The molecule has 0 bridgehead atoms. The highest BCUT2D eigenvalue weighted by Crippen LogP contribution is 2.50. The molecule has 2 aliphatic rings. The molecule has 148 valence electrons. The van der Waals surface area contributed by atoms with Gasteiger partial charge in [0, 0.05) is 26.1 Å². The van der Waals surface area contributed by atoms with Crippen molar-refractivity contribution in [3.05, 3.63) is 22.7 Å². The molecule has 2 fully saturated rings. The minimum atomic E-state index is -0.0961. The molecule has 27 heavy (non-hydrogen) atoms. The fraction of sp³-hybridized carbons (Fsp3) is 0.600. The summed E-state index contributed by atoms with van der Waals surface area (Å²) in [6.07, 6.45) is 6.24. The van der Waals surface area contributed by atoms with Gasteiger partial charge in [0.1, 0.15) is 5.75 Å². The van der Waals surface area contributed by atoms with Crippen molar-refractivity contribution in [3.8, 4) is 5.75 Å². The predicted octanol–water partition coefficient (Wildman–Crippen LogP) is 3.38. The number of piperidine rings is 1. The molecule has 7 heteroatoms. The molecular formula is C20H27ClN2O4. The number of aldehydes is 1. The molecule has 1 heterocycles. The summed E-state index contributed by atoms with van der Waals surface area (Å²) in [5.74, 6) is 0.294. The molecule has 1 aliphatic heterocycles. The van der Waals surface area contributed by atoms with Crippen molar-refractivity contribution in [1.29, 1.82) is 0 Å². The molecule has 1 N–H and O–H groups in total. The van der Waals surface area contributed by atoms with Crippen LogP contribution in [0, 0.1) is 5.41 Å². The van der Waals surface area contributed by atoms with E-state index in [0.717, 1.165) is 19.6 Å². The van der Waals surface area contributed by atoms with E-state index < -0.39 is 0 Å². The fourth-order valence-electron chi connectivity index (χ4n) is 4.14. The van der Waals surface area contributed by atoms with Crippen LogP contribution in [-0.4, -0.2) is 57.1 Å². The second-order valence-corrected chi connectivity index (χ2v) is 8.00. The highest BCUT2D eigenvalue weighted by Gasteiger charge is 2.45. The number of nitrogens with zero attached hydrogens (tertiary/aromatic N) is 1. The van der Waals surface area contributed by atoms with Crippen molar-refractivity contribution >= 4 is 29.5 Å². The molecule has 1 amide bonds.